The first-order valence-corrected chi connectivity index (χ1v) is 11.0. The molecule has 1 aromatic carbocycles. The number of benzene rings is 1. The van der Waals surface area contributed by atoms with Crippen molar-refractivity contribution in [2.75, 3.05) is 33.3 Å². The van der Waals surface area contributed by atoms with E-state index in [1.807, 2.05) is 23.1 Å². The molecule has 0 saturated carbocycles. The lowest BCUT2D eigenvalue weighted by Crippen LogP contribution is -2.48. The number of carbonyl (C=O) groups is 2. The molecule has 160 valence electrons. The zero-order chi connectivity index (χ0) is 20.7. The number of hydrogen-bond acceptors (Lipinski definition) is 4. The topological polar surface area (TPSA) is 70.7 Å². The molecule has 2 aliphatic rings. The Balaban J connectivity index is 1.88. The average Bonchev–Trinajstić information content (AvgIpc) is 3.09. The zero-order valence-electron chi connectivity index (χ0n) is 17.8. The number of hydrogen-bond donors (Lipinski definition) is 2. The number of amides is 2. The number of esters is 1. The maximum Gasteiger partial charge on any atom is 0.318 e. The van der Waals surface area contributed by atoms with Crippen LogP contribution in [0.4, 0.5) is 4.79 Å². The summed E-state index contributed by atoms with van der Waals surface area (Å²) >= 11 is 0. The molecule has 2 fully saturated rings. The molecule has 2 unspecified atom stereocenters. The molecule has 2 atom stereocenters. The van der Waals surface area contributed by atoms with Crippen LogP contribution in [0, 0.1) is 11.8 Å². The van der Waals surface area contributed by atoms with Gasteiger partial charge in [-0.05, 0) is 56.7 Å². The third kappa shape index (κ3) is 4.92. The number of rotatable bonds is 9. The smallest absolute Gasteiger partial charge is 0.318 e. The Kier molecular flexibility index (Phi) is 7.53. The van der Waals surface area contributed by atoms with E-state index in [2.05, 4.69) is 29.7 Å². The van der Waals surface area contributed by atoms with Gasteiger partial charge in [-0.25, -0.2) is 4.79 Å². The van der Waals surface area contributed by atoms with Crippen LogP contribution < -0.4 is 10.6 Å². The first-order valence-electron chi connectivity index (χ1n) is 11.0. The predicted molar refractivity (Wildman–Crippen MR) is 113 cm³/mol. The Bertz CT molecular complexity index is 675. The number of nitrogens with zero attached hydrogens (tertiary/aromatic N) is 1. The van der Waals surface area contributed by atoms with E-state index in [0.29, 0.717) is 25.4 Å². The molecule has 1 aromatic rings. The molecule has 29 heavy (non-hydrogen) atoms. The molecule has 6 heteroatoms. The number of ether oxygens (including phenoxy) is 1. The van der Waals surface area contributed by atoms with Gasteiger partial charge in [0.05, 0.1) is 18.6 Å². The summed E-state index contributed by atoms with van der Waals surface area (Å²) in [4.78, 5) is 27.4. The second-order valence-corrected chi connectivity index (χ2v) is 8.40. The molecular weight excluding hydrogens is 366 g/mol. The lowest BCUT2D eigenvalue weighted by molar-refractivity contribution is -0.147. The summed E-state index contributed by atoms with van der Waals surface area (Å²) in [6.07, 6.45) is 5.57. The standard InChI is InChI=1S/C23H35N3O3/c1-3-7-19(21(27)29-2)16-23(20-8-5-4-6-9-20)17-25-22(28)26(23)15-12-18-10-13-24-14-11-18/h4-6,8-9,18-19,24H,3,7,10-17H2,1-2H3,(H,25,28). The van der Waals surface area contributed by atoms with Crippen LogP contribution in [0.5, 0.6) is 0 Å². The molecule has 2 amide bonds. The van der Waals surface area contributed by atoms with Crippen molar-refractivity contribution < 1.29 is 14.3 Å². The van der Waals surface area contributed by atoms with Gasteiger partial charge in [-0.1, -0.05) is 43.7 Å². The fourth-order valence-electron chi connectivity index (χ4n) is 4.94. The monoisotopic (exact) mass is 401 g/mol. The fraction of sp³-hybridized carbons (Fsp3) is 0.652. The van der Waals surface area contributed by atoms with Crippen molar-refractivity contribution in [3.8, 4) is 0 Å². The van der Waals surface area contributed by atoms with E-state index in [1.54, 1.807) is 0 Å². The molecule has 0 bridgehead atoms. The molecular formula is C23H35N3O3. The lowest BCUT2D eigenvalue weighted by atomic mass is 9.79. The summed E-state index contributed by atoms with van der Waals surface area (Å²) in [7, 11) is 1.45. The molecule has 0 radical (unpaired) electrons. The van der Waals surface area contributed by atoms with Crippen LogP contribution in [-0.2, 0) is 15.1 Å². The van der Waals surface area contributed by atoms with Gasteiger partial charge in [0.25, 0.3) is 0 Å². The molecule has 3 rings (SSSR count). The van der Waals surface area contributed by atoms with Crippen molar-refractivity contribution >= 4 is 12.0 Å². The predicted octanol–water partition coefficient (Wildman–Crippen LogP) is 3.28. The number of piperidine rings is 1. The maximum absolute atomic E-state index is 12.9. The second-order valence-electron chi connectivity index (χ2n) is 8.40. The van der Waals surface area contributed by atoms with Gasteiger partial charge in [-0.15, -0.1) is 0 Å². The SMILES string of the molecule is CCCC(CC1(c2ccccc2)CNC(=O)N1CCC1CCNCC1)C(=O)OC. The largest absolute Gasteiger partial charge is 0.469 e. The van der Waals surface area contributed by atoms with E-state index in [9.17, 15) is 9.59 Å². The Morgan fingerprint density at radius 1 is 1.28 bits per heavy atom. The zero-order valence-corrected chi connectivity index (χ0v) is 17.8. The molecule has 0 aliphatic carbocycles. The van der Waals surface area contributed by atoms with Crippen LogP contribution in [0.2, 0.25) is 0 Å². The molecule has 2 aliphatic heterocycles. The summed E-state index contributed by atoms with van der Waals surface area (Å²) < 4.78 is 5.10. The highest BCUT2D eigenvalue weighted by Crippen LogP contribution is 2.40. The van der Waals surface area contributed by atoms with Crippen molar-refractivity contribution in [3.63, 3.8) is 0 Å². The van der Waals surface area contributed by atoms with E-state index in [0.717, 1.165) is 50.8 Å². The first kappa shape index (κ1) is 21.6. The van der Waals surface area contributed by atoms with Crippen LogP contribution in [-0.4, -0.2) is 50.2 Å². The van der Waals surface area contributed by atoms with Gasteiger partial charge in [0, 0.05) is 13.1 Å². The van der Waals surface area contributed by atoms with E-state index in [1.165, 1.54) is 7.11 Å². The molecule has 0 spiro atoms. The van der Waals surface area contributed by atoms with Gasteiger partial charge < -0.3 is 20.3 Å². The van der Waals surface area contributed by atoms with Crippen molar-refractivity contribution in [2.24, 2.45) is 11.8 Å². The quantitative estimate of drug-likeness (QED) is 0.623. The maximum atomic E-state index is 12.9. The van der Waals surface area contributed by atoms with Crippen LogP contribution in [0.1, 0.15) is 51.0 Å². The molecule has 2 N–H and O–H groups in total. The highest BCUT2D eigenvalue weighted by atomic mass is 16.5. The van der Waals surface area contributed by atoms with Gasteiger partial charge in [0.1, 0.15) is 0 Å². The number of carbonyl (C=O) groups excluding carboxylic acids is 2. The van der Waals surface area contributed by atoms with Crippen LogP contribution in [0.15, 0.2) is 30.3 Å². The van der Waals surface area contributed by atoms with Crippen molar-refractivity contribution in [1.82, 2.24) is 15.5 Å². The van der Waals surface area contributed by atoms with E-state index in [4.69, 9.17) is 4.74 Å². The Hall–Kier alpha value is -2.08. The highest BCUT2D eigenvalue weighted by Gasteiger charge is 2.48. The highest BCUT2D eigenvalue weighted by molar-refractivity contribution is 5.79. The van der Waals surface area contributed by atoms with Crippen molar-refractivity contribution in [1.29, 1.82) is 0 Å². The molecule has 2 saturated heterocycles. The first-order chi connectivity index (χ1) is 14.1. The number of urea groups is 1. The summed E-state index contributed by atoms with van der Waals surface area (Å²) in [5.41, 5.74) is 0.577. The number of methoxy groups -OCH3 is 1. The van der Waals surface area contributed by atoms with E-state index >= 15 is 0 Å². The summed E-state index contributed by atoms with van der Waals surface area (Å²) in [5, 5.41) is 6.48. The van der Waals surface area contributed by atoms with Crippen LogP contribution in [0.3, 0.4) is 0 Å². The average molecular weight is 402 g/mol. The van der Waals surface area contributed by atoms with Crippen LogP contribution in [0.25, 0.3) is 0 Å². The van der Waals surface area contributed by atoms with Gasteiger partial charge >= 0.3 is 12.0 Å². The molecule has 2 heterocycles. The van der Waals surface area contributed by atoms with Crippen molar-refractivity contribution in [2.45, 2.75) is 51.0 Å². The normalized spacial score (nSPS) is 23.7. The Labute approximate surface area is 174 Å². The third-order valence-electron chi connectivity index (χ3n) is 6.58. The second kappa shape index (κ2) is 10.1. The molecule has 0 aromatic heterocycles. The minimum atomic E-state index is -0.515. The summed E-state index contributed by atoms with van der Waals surface area (Å²) in [6.45, 7) is 5.44. The summed E-state index contributed by atoms with van der Waals surface area (Å²) in [5.74, 6) is 0.240. The van der Waals surface area contributed by atoms with Gasteiger partial charge in [0.15, 0.2) is 0 Å². The Morgan fingerprint density at radius 2 is 2.00 bits per heavy atom. The van der Waals surface area contributed by atoms with Crippen LogP contribution >= 0.6 is 0 Å². The minimum absolute atomic E-state index is 0.0251. The fourth-order valence-corrected chi connectivity index (χ4v) is 4.94. The third-order valence-corrected chi connectivity index (χ3v) is 6.58. The summed E-state index contributed by atoms with van der Waals surface area (Å²) in [6, 6.07) is 10.2. The Morgan fingerprint density at radius 3 is 2.66 bits per heavy atom. The van der Waals surface area contributed by atoms with Crippen molar-refractivity contribution in [3.05, 3.63) is 35.9 Å². The number of nitrogens with one attached hydrogen (secondary N) is 2. The minimum Gasteiger partial charge on any atom is -0.469 e. The van der Waals surface area contributed by atoms with Gasteiger partial charge in [-0.3, -0.25) is 4.79 Å². The van der Waals surface area contributed by atoms with E-state index < -0.39 is 5.54 Å². The van der Waals surface area contributed by atoms with Gasteiger partial charge in [-0.2, -0.15) is 0 Å². The lowest BCUT2D eigenvalue weighted by Gasteiger charge is -2.40. The molecule has 6 nitrogen and oxygen atoms in total. The van der Waals surface area contributed by atoms with E-state index in [-0.39, 0.29) is 17.9 Å². The van der Waals surface area contributed by atoms with Gasteiger partial charge in [0.2, 0.25) is 0 Å².